The number of hydrogen-bond acceptors (Lipinski definition) is 6. The number of nitrogens with one attached hydrogen (secondary N) is 2. The Morgan fingerprint density at radius 3 is 2.56 bits per heavy atom. The molecule has 2 heterocycles. The van der Waals surface area contributed by atoms with Crippen LogP contribution in [0.1, 0.15) is 13.8 Å². The standard InChI is InChI=1S/C19H25N5O2S/c1-13(2)21-19(25)22-15-6-4-14(5-7-15)17-20-12-16(27-3)18(23-17)24-8-10-26-11-9-24/h4-7,12-13H,8-11H2,1-3H3,(H2,21,22,25). The zero-order valence-corrected chi connectivity index (χ0v) is 16.7. The first kappa shape index (κ1) is 19.4. The summed E-state index contributed by atoms with van der Waals surface area (Å²) >= 11 is 1.65. The van der Waals surface area contributed by atoms with E-state index in [1.54, 1.807) is 11.8 Å². The predicted octanol–water partition coefficient (Wildman–Crippen LogP) is 3.23. The van der Waals surface area contributed by atoms with Crippen LogP contribution in [0.15, 0.2) is 35.4 Å². The Labute approximate surface area is 163 Å². The number of carbonyl (C=O) groups is 1. The van der Waals surface area contributed by atoms with Gasteiger partial charge in [0.05, 0.1) is 18.1 Å². The largest absolute Gasteiger partial charge is 0.378 e. The third kappa shape index (κ3) is 5.11. The highest BCUT2D eigenvalue weighted by molar-refractivity contribution is 7.98. The van der Waals surface area contributed by atoms with E-state index < -0.39 is 0 Å². The van der Waals surface area contributed by atoms with Crippen LogP contribution in [-0.4, -0.2) is 54.6 Å². The second-order valence-electron chi connectivity index (χ2n) is 6.52. The molecular weight excluding hydrogens is 362 g/mol. The number of urea groups is 1. The van der Waals surface area contributed by atoms with Crippen LogP contribution in [0.25, 0.3) is 11.4 Å². The summed E-state index contributed by atoms with van der Waals surface area (Å²) in [5.74, 6) is 1.63. The Kier molecular flexibility index (Phi) is 6.52. The number of nitrogens with zero attached hydrogens (tertiary/aromatic N) is 3. The average Bonchev–Trinajstić information content (AvgIpc) is 2.68. The molecule has 2 N–H and O–H groups in total. The maximum absolute atomic E-state index is 11.8. The molecule has 1 saturated heterocycles. The van der Waals surface area contributed by atoms with Crippen molar-refractivity contribution >= 4 is 29.3 Å². The molecule has 1 fully saturated rings. The molecule has 1 aliphatic rings. The average molecular weight is 388 g/mol. The Morgan fingerprint density at radius 1 is 1.22 bits per heavy atom. The fourth-order valence-electron chi connectivity index (χ4n) is 2.78. The molecular formula is C19H25N5O2S. The summed E-state index contributed by atoms with van der Waals surface area (Å²) < 4.78 is 5.45. The van der Waals surface area contributed by atoms with Crippen molar-refractivity contribution in [2.24, 2.45) is 0 Å². The van der Waals surface area contributed by atoms with E-state index in [2.05, 4.69) is 20.5 Å². The van der Waals surface area contributed by atoms with E-state index in [9.17, 15) is 4.79 Å². The molecule has 27 heavy (non-hydrogen) atoms. The van der Waals surface area contributed by atoms with E-state index >= 15 is 0 Å². The summed E-state index contributed by atoms with van der Waals surface area (Å²) in [6, 6.07) is 7.43. The van der Waals surface area contributed by atoms with Gasteiger partial charge in [-0.05, 0) is 44.4 Å². The van der Waals surface area contributed by atoms with E-state index in [0.717, 1.165) is 35.1 Å². The van der Waals surface area contributed by atoms with Crippen molar-refractivity contribution in [3.8, 4) is 11.4 Å². The van der Waals surface area contributed by atoms with Crippen molar-refractivity contribution in [2.75, 3.05) is 42.8 Å². The van der Waals surface area contributed by atoms with Gasteiger partial charge in [0, 0.05) is 36.6 Å². The van der Waals surface area contributed by atoms with Gasteiger partial charge in [-0.1, -0.05) is 0 Å². The minimum absolute atomic E-state index is 0.0891. The number of aromatic nitrogens is 2. The number of rotatable bonds is 5. The van der Waals surface area contributed by atoms with Crippen molar-refractivity contribution in [2.45, 2.75) is 24.8 Å². The van der Waals surface area contributed by atoms with Gasteiger partial charge in [-0.15, -0.1) is 11.8 Å². The number of benzene rings is 1. The highest BCUT2D eigenvalue weighted by Crippen LogP contribution is 2.29. The first-order valence-electron chi connectivity index (χ1n) is 8.98. The van der Waals surface area contributed by atoms with Gasteiger partial charge < -0.3 is 20.3 Å². The van der Waals surface area contributed by atoms with Gasteiger partial charge in [-0.2, -0.15) is 0 Å². The van der Waals surface area contributed by atoms with Crippen molar-refractivity contribution in [1.82, 2.24) is 15.3 Å². The molecule has 144 valence electrons. The molecule has 1 aromatic heterocycles. The lowest BCUT2D eigenvalue weighted by atomic mass is 10.2. The zero-order chi connectivity index (χ0) is 19.2. The molecule has 0 spiro atoms. The lowest BCUT2D eigenvalue weighted by Gasteiger charge is -2.29. The first-order chi connectivity index (χ1) is 13.1. The van der Waals surface area contributed by atoms with Gasteiger partial charge in [0.2, 0.25) is 0 Å². The fraction of sp³-hybridized carbons (Fsp3) is 0.421. The topological polar surface area (TPSA) is 79.4 Å². The lowest BCUT2D eigenvalue weighted by molar-refractivity contribution is 0.122. The quantitative estimate of drug-likeness (QED) is 0.767. The molecule has 2 aromatic rings. The number of ether oxygens (including phenoxy) is 1. The third-order valence-corrected chi connectivity index (χ3v) is 4.82. The van der Waals surface area contributed by atoms with Crippen LogP contribution in [0.4, 0.5) is 16.3 Å². The zero-order valence-electron chi connectivity index (χ0n) is 15.9. The molecule has 0 unspecified atom stereocenters. The van der Waals surface area contributed by atoms with Crippen molar-refractivity contribution in [3.05, 3.63) is 30.5 Å². The second kappa shape index (κ2) is 9.05. The molecule has 8 heteroatoms. The van der Waals surface area contributed by atoms with Crippen LogP contribution in [0.5, 0.6) is 0 Å². The number of morpholine rings is 1. The highest BCUT2D eigenvalue weighted by Gasteiger charge is 2.18. The van der Waals surface area contributed by atoms with Crippen LogP contribution in [0, 0.1) is 0 Å². The monoisotopic (exact) mass is 387 g/mol. The van der Waals surface area contributed by atoms with Gasteiger partial charge in [-0.25, -0.2) is 14.8 Å². The summed E-state index contributed by atoms with van der Waals surface area (Å²) in [7, 11) is 0. The summed E-state index contributed by atoms with van der Waals surface area (Å²) in [6.45, 7) is 6.93. The van der Waals surface area contributed by atoms with Crippen LogP contribution in [-0.2, 0) is 4.74 Å². The Morgan fingerprint density at radius 2 is 1.93 bits per heavy atom. The van der Waals surface area contributed by atoms with Crippen LogP contribution in [0.2, 0.25) is 0 Å². The first-order valence-corrected chi connectivity index (χ1v) is 10.2. The van der Waals surface area contributed by atoms with Crippen LogP contribution in [0.3, 0.4) is 0 Å². The Hall–Kier alpha value is -2.32. The van der Waals surface area contributed by atoms with Gasteiger partial charge in [0.1, 0.15) is 5.82 Å². The third-order valence-electron chi connectivity index (χ3n) is 4.09. The van der Waals surface area contributed by atoms with Crippen molar-refractivity contribution in [3.63, 3.8) is 0 Å². The van der Waals surface area contributed by atoms with Gasteiger partial charge in [0.25, 0.3) is 0 Å². The molecule has 3 rings (SSSR count). The van der Waals surface area contributed by atoms with E-state index in [0.29, 0.717) is 19.0 Å². The van der Waals surface area contributed by atoms with Gasteiger partial charge >= 0.3 is 6.03 Å². The summed E-state index contributed by atoms with van der Waals surface area (Å²) in [4.78, 5) is 24.4. The van der Waals surface area contributed by atoms with Crippen LogP contribution < -0.4 is 15.5 Å². The number of amides is 2. The fourth-order valence-corrected chi connectivity index (χ4v) is 3.29. The molecule has 0 atom stereocenters. The Balaban J connectivity index is 1.78. The normalized spacial score (nSPS) is 14.3. The minimum atomic E-state index is -0.215. The van der Waals surface area contributed by atoms with Gasteiger partial charge in [0.15, 0.2) is 5.82 Å². The minimum Gasteiger partial charge on any atom is -0.378 e. The smallest absolute Gasteiger partial charge is 0.319 e. The molecule has 1 aliphatic heterocycles. The van der Waals surface area contributed by atoms with E-state index in [1.165, 1.54) is 0 Å². The van der Waals surface area contributed by atoms with Crippen LogP contribution >= 0.6 is 11.8 Å². The maximum atomic E-state index is 11.8. The van der Waals surface area contributed by atoms with Crippen molar-refractivity contribution < 1.29 is 9.53 Å². The Bertz CT molecular complexity index is 776. The maximum Gasteiger partial charge on any atom is 0.319 e. The molecule has 0 radical (unpaired) electrons. The number of thioether (sulfide) groups is 1. The molecule has 7 nitrogen and oxygen atoms in total. The van der Waals surface area contributed by atoms with Crippen molar-refractivity contribution in [1.29, 1.82) is 0 Å². The molecule has 0 aliphatic carbocycles. The number of carbonyl (C=O) groups excluding carboxylic acids is 1. The number of anilines is 2. The molecule has 1 aromatic carbocycles. The van der Waals surface area contributed by atoms with E-state index in [-0.39, 0.29) is 12.1 Å². The molecule has 2 amide bonds. The molecule has 0 bridgehead atoms. The SMILES string of the molecule is CSc1cnc(-c2ccc(NC(=O)NC(C)C)cc2)nc1N1CCOCC1. The summed E-state index contributed by atoms with van der Waals surface area (Å²) in [5, 5.41) is 5.62. The highest BCUT2D eigenvalue weighted by atomic mass is 32.2. The van der Waals surface area contributed by atoms with Gasteiger partial charge in [-0.3, -0.25) is 0 Å². The second-order valence-corrected chi connectivity index (χ2v) is 7.36. The lowest BCUT2D eigenvalue weighted by Crippen LogP contribution is -2.37. The predicted molar refractivity (Wildman–Crippen MR) is 110 cm³/mol. The summed E-state index contributed by atoms with van der Waals surface area (Å²) in [5.41, 5.74) is 1.64. The molecule has 0 saturated carbocycles. The van der Waals surface area contributed by atoms with E-state index in [1.807, 2.05) is 50.6 Å². The number of hydrogen-bond donors (Lipinski definition) is 2. The van der Waals surface area contributed by atoms with E-state index in [4.69, 9.17) is 9.72 Å². The summed E-state index contributed by atoms with van der Waals surface area (Å²) in [6.07, 6.45) is 3.91.